The van der Waals surface area contributed by atoms with E-state index < -0.39 is 17.6 Å². The molecule has 0 atom stereocenters. The molecular formula is C19H15FN4O3. The third-order valence-electron chi connectivity index (χ3n) is 4.56. The number of aromatic nitrogens is 2. The predicted molar refractivity (Wildman–Crippen MR) is 98.2 cm³/mol. The molecule has 2 aromatic carbocycles. The highest BCUT2D eigenvalue weighted by molar-refractivity contribution is 6.31. The summed E-state index contributed by atoms with van der Waals surface area (Å²) in [6.07, 6.45) is 1.45. The monoisotopic (exact) mass is 366 g/mol. The molecule has 27 heavy (non-hydrogen) atoms. The maximum absolute atomic E-state index is 13.4. The molecule has 8 heteroatoms. The summed E-state index contributed by atoms with van der Waals surface area (Å²) < 4.78 is 16.4. The molecule has 0 unspecified atom stereocenters. The number of rotatable bonds is 2. The van der Waals surface area contributed by atoms with Crippen LogP contribution in [0.4, 0.5) is 10.1 Å². The molecule has 1 saturated heterocycles. The zero-order valence-corrected chi connectivity index (χ0v) is 14.6. The molecule has 1 aliphatic rings. The molecule has 1 N–H and O–H groups in total. The maximum Gasteiger partial charge on any atom is 0.328 e. The van der Waals surface area contributed by atoms with Crippen molar-refractivity contribution in [3.63, 3.8) is 0 Å². The summed E-state index contributed by atoms with van der Waals surface area (Å²) in [7, 11) is 3.33. The molecule has 1 fully saturated rings. The summed E-state index contributed by atoms with van der Waals surface area (Å²) in [5, 5.41) is 1.01. The van der Waals surface area contributed by atoms with Gasteiger partial charge in [-0.2, -0.15) is 0 Å². The molecule has 3 aromatic rings. The van der Waals surface area contributed by atoms with Crippen LogP contribution >= 0.6 is 0 Å². The van der Waals surface area contributed by atoms with Gasteiger partial charge in [-0.3, -0.25) is 24.1 Å². The molecule has 0 saturated carbocycles. The quantitative estimate of drug-likeness (QED) is 0.551. The van der Waals surface area contributed by atoms with Crippen LogP contribution in [0.5, 0.6) is 0 Å². The van der Waals surface area contributed by atoms with E-state index in [2.05, 4.69) is 5.43 Å². The second-order valence-corrected chi connectivity index (χ2v) is 6.27. The molecule has 0 aliphatic carbocycles. The second-order valence-electron chi connectivity index (χ2n) is 6.27. The Morgan fingerprint density at radius 3 is 2.44 bits per heavy atom. The van der Waals surface area contributed by atoms with Crippen LogP contribution in [-0.4, -0.2) is 20.9 Å². The van der Waals surface area contributed by atoms with Crippen molar-refractivity contribution in [3.8, 4) is 0 Å². The number of carbonyl (C=O) groups is 2. The SMILES string of the molecule is Cn1c(=O)n(C)c2cc(/C=C3/C(=O)NN(c4cccc(F)c4)C3=O)ccc21. The van der Waals surface area contributed by atoms with Gasteiger partial charge in [0.05, 0.1) is 16.7 Å². The molecular weight excluding hydrogens is 351 g/mol. The van der Waals surface area contributed by atoms with Crippen LogP contribution in [0.3, 0.4) is 0 Å². The van der Waals surface area contributed by atoms with E-state index in [4.69, 9.17) is 0 Å². The first kappa shape index (κ1) is 16.8. The maximum atomic E-state index is 13.4. The molecule has 1 aromatic heterocycles. The first-order chi connectivity index (χ1) is 12.9. The fourth-order valence-corrected chi connectivity index (χ4v) is 3.13. The van der Waals surface area contributed by atoms with Crippen molar-refractivity contribution in [2.45, 2.75) is 0 Å². The lowest BCUT2D eigenvalue weighted by Gasteiger charge is -2.14. The summed E-state index contributed by atoms with van der Waals surface area (Å²) >= 11 is 0. The van der Waals surface area contributed by atoms with E-state index in [1.807, 2.05) is 0 Å². The number of benzene rings is 2. The van der Waals surface area contributed by atoms with Gasteiger partial charge in [-0.15, -0.1) is 0 Å². The van der Waals surface area contributed by atoms with E-state index in [0.29, 0.717) is 11.1 Å². The third-order valence-corrected chi connectivity index (χ3v) is 4.56. The predicted octanol–water partition coefficient (Wildman–Crippen LogP) is 1.48. The normalized spacial score (nSPS) is 15.8. The van der Waals surface area contributed by atoms with Crippen molar-refractivity contribution in [2.24, 2.45) is 14.1 Å². The van der Waals surface area contributed by atoms with Crippen molar-refractivity contribution >= 4 is 34.6 Å². The zero-order chi connectivity index (χ0) is 19.3. The van der Waals surface area contributed by atoms with Gasteiger partial charge in [-0.1, -0.05) is 12.1 Å². The van der Waals surface area contributed by atoms with Gasteiger partial charge in [0.25, 0.3) is 11.8 Å². The molecule has 0 bridgehead atoms. The number of hydrogen-bond acceptors (Lipinski definition) is 3. The first-order valence-corrected chi connectivity index (χ1v) is 8.15. The van der Waals surface area contributed by atoms with Gasteiger partial charge in [0, 0.05) is 14.1 Å². The number of halogens is 1. The lowest BCUT2D eigenvalue weighted by atomic mass is 10.1. The lowest BCUT2D eigenvalue weighted by Crippen LogP contribution is -2.35. The zero-order valence-electron chi connectivity index (χ0n) is 14.6. The van der Waals surface area contributed by atoms with Crippen LogP contribution in [0.25, 0.3) is 17.1 Å². The number of amides is 2. The Kier molecular flexibility index (Phi) is 3.69. The van der Waals surface area contributed by atoms with E-state index in [9.17, 15) is 18.8 Å². The number of imidazole rings is 1. The Balaban J connectivity index is 1.75. The summed E-state index contributed by atoms with van der Waals surface area (Å²) in [5.41, 5.74) is 4.46. The minimum Gasteiger partial charge on any atom is -0.295 e. The van der Waals surface area contributed by atoms with Gasteiger partial charge >= 0.3 is 5.69 Å². The highest BCUT2D eigenvalue weighted by atomic mass is 19.1. The van der Waals surface area contributed by atoms with Crippen LogP contribution in [0, 0.1) is 5.82 Å². The van der Waals surface area contributed by atoms with E-state index in [1.165, 1.54) is 33.4 Å². The number of nitrogens with one attached hydrogen (secondary N) is 1. The van der Waals surface area contributed by atoms with Crippen LogP contribution in [0.1, 0.15) is 5.56 Å². The van der Waals surface area contributed by atoms with Crippen molar-refractivity contribution in [1.82, 2.24) is 14.6 Å². The fraction of sp³-hybridized carbons (Fsp3) is 0.105. The van der Waals surface area contributed by atoms with Crippen LogP contribution < -0.4 is 16.1 Å². The average Bonchev–Trinajstić information content (AvgIpc) is 3.05. The minimum absolute atomic E-state index is 0.0699. The van der Waals surface area contributed by atoms with Crippen molar-refractivity contribution in [1.29, 1.82) is 0 Å². The highest BCUT2D eigenvalue weighted by Crippen LogP contribution is 2.23. The van der Waals surface area contributed by atoms with Crippen LogP contribution in [0.15, 0.2) is 52.8 Å². The third kappa shape index (κ3) is 2.62. The van der Waals surface area contributed by atoms with Gasteiger partial charge < -0.3 is 0 Å². The van der Waals surface area contributed by atoms with E-state index >= 15 is 0 Å². The number of hydrogen-bond donors (Lipinski definition) is 1. The molecule has 7 nitrogen and oxygen atoms in total. The Bertz CT molecular complexity index is 1210. The number of carbonyl (C=O) groups excluding carboxylic acids is 2. The number of aryl methyl sites for hydroxylation is 2. The highest BCUT2D eigenvalue weighted by Gasteiger charge is 2.34. The molecule has 2 heterocycles. The second kappa shape index (κ2) is 5.94. The summed E-state index contributed by atoms with van der Waals surface area (Å²) in [4.78, 5) is 36.9. The standard InChI is InChI=1S/C19H15FN4O3/c1-22-15-7-6-11(9-16(15)23(2)19(22)27)8-14-17(25)21-24(18(14)26)13-5-3-4-12(20)10-13/h3-10H,1-2H3,(H,21,25)/b14-8-. The topological polar surface area (TPSA) is 76.3 Å². The van der Waals surface area contributed by atoms with Crippen molar-refractivity contribution in [2.75, 3.05) is 5.01 Å². The van der Waals surface area contributed by atoms with E-state index in [-0.39, 0.29) is 17.0 Å². The molecule has 2 amide bonds. The first-order valence-electron chi connectivity index (χ1n) is 8.15. The lowest BCUT2D eigenvalue weighted by molar-refractivity contribution is -0.117. The largest absolute Gasteiger partial charge is 0.328 e. The average molecular weight is 366 g/mol. The number of hydrazine groups is 1. The summed E-state index contributed by atoms with van der Waals surface area (Å²) in [6, 6.07) is 10.6. The van der Waals surface area contributed by atoms with E-state index in [1.54, 1.807) is 32.3 Å². The van der Waals surface area contributed by atoms with Gasteiger partial charge in [-0.25, -0.2) is 14.2 Å². The van der Waals surface area contributed by atoms with Crippen molar-refractivity contribution in [3.05, 3.63) is 69.9 Å². The number of fused-ring (bicyclic) bond motifs is 1. The van der Waals surface area contributed by atoms with E-state index in [0.717, 1.165) is 16.6 Å². The van der Waals surface area contributed by atoms with Crippen LogP contribution in [0.2, 0.25) is 0 Å². The van der Waals surface area contributed by atoms with Gasteiger partial charge in [0.2, 0.25) is 0 Å². The van der Waals surface area contributed by atoms with Crippen molar-refractivity contribution < 1.29 is 14.0 Å². The fourth-order valence-electron chi connectivity index (χ4n) is 3.13. The molecule has 4 rings (SSSR count). The molecule has 0 spiro atoms. The summed E-state index contributed by atoms with van der Waals surface area (Å²) in [5.74, 6) is -1.67. The Labute approximate surface area is 152 Å². The van der Waals surface area contributed by atoms with Crippen LogP contribution in [-0.2, 0) is 23.7 Å². The van der Waals surface area contributed by atoms with Gasteiger partial charge in [0.15, 0.2) is 0 Å². The van der Waals surface area contributed by atoms with Gasteiger partial charge in [-0.05, 0) is 42.0 Å². The smallest absolute Gasteiger partial charge is 0.295 e. The van der Waals surface area contributed by atoms with Gasteiger partial charge in [0.1, 0.15) is 11.4 Å². The Morgan fingerprint density at radius 1 is 0.963 bits per heavy atom. The Morgan fingerprint density at radius 2 is 1.70 bits per heavy atom. The number of anilines is 1. The minimum atomic E-state index is -0.577. The molecule has 0 radical (unpaired) electrons. The molecule has 1 aliphatic heterocycles. The molecule has 136 valence electrons. The Hall–Kier alpha value is -3.68. The number of nitrogens with zero attached hydrogens (tertiary/aromatic N) is 3. The summed E-state index contributed by atoms with van der Waals surface area (Å²) in [6.45, 7) is 0.